The standard InChI is InChI=1S/C25H23F4N3O3/c26-18-8-6-15(7-9-18)21(16-3-1-4-17(13-16)25(27,28)29)22-19-5-2-11-31(19)24(34)23-20(33)14-35-12-10-30-32(22)23/h1,3-4,6-10,13,19,21-22,33H,2,5,11-12,14H2/b23-20+,30-10-/t19-,21-,22-/m1/s1. The minimum atomic E-state index is -4.55. The van der Waals surface area contributed by atoms with Crippen molar-refractivity contribution in [2.75, 3.05) is 19.8 Å². The molecule has 3 atom stereocenters. The smallest absolute Gasteiger partial charge is 0.416 e. The number of carbonyl (C=O) groups excluding carboxylic acids is 1. The first-order valence-corrected chi connectivity index (χ1v) is 11.3. The van der Waals surface area contributed by atoms with Gasteiger partial charge in [0.15, 0.2) is 5.70 Å². The van der Waals surface area contributed by atoms with E-state index in [2.05, 4.69) is 5.10 Å². The number of aliphatic hydroxyl groups excluding tert-OH is 1. The molecular formula is C25H23F4N3O3. The number of fused-ring (bicyclic) bond motifs is 2. The Kier molecular flexibility index (Phi) is 6.00. The highest BCUT2D eigenvalue weighted by molar-refractivity contribution is 5.95. The Morgan fingerprint density at radius 1 is 1.11 bits per heavy atom. The molecule has 3 aliphatic rings. The number of hydrogen-bond acceptors (Lipinski definition) is 5. The van der Waals surface area contributed by atoms with Crippen LogP contribution in [0.25, 0.3) is 0 Å². The molecule has 5 rings (SSSR count). The van der Waals surface area contributed by atoms with Gasteiger partial charge < -0.3 is 14.7 Å². The number of hydrogen-bond donors (Lipinski definition) is 1. The lowest BCUT2D eigenvalue weighted by Gasteiger charge is -2.47. The van der Waals surface area contributed by atoms with Crippen LogP contribution in [0.5, 0.6) is 0 Å². The number of aliphatic hydroxyl groups is 1. The first-order valence-electron chi connectivity index (χ1n) is 11.3. The van der Waals surface area contributed by atoms with E-state index in [1.54, 1.807) is 11.0 Å². The first kappa shape index (κ1) is 23.3. The van der Waals surface area contributed by atoms with Gasteiger partial charge >= 0.3 is 6.18 Å². The zero-order valence-corrected chi connectivity index (χ0v) is 18.6. The fourth-order valence-electron chi connectivity index (χ4n) is 5.26. The molecule has 184 valence electrons. The van der Waals surface area contributed by atoms with Gasteiger partial charge in [-0.25, -0.2) is 4.39 Å². The highest BCUT2D eigenvalue weighted by Gasteiger charge is 2.51. The van der Waals surface area contributed by atoms with E-state index in [9.17, 15) is 27.5 Å². The van der Waals surface area contributed by atoms with Gasteiger partial charge in [0.05, 0.1) is 30.5 Å². The summed E-state index contributed by atoms with van der Waals surface area (Å²) in [5.41, 5.74) is 0.0675. The quantitative estimate of drug-likeness (QED) is 0.648. The maximum absolute atomic E-state index is 13.8. The maximum atomic E-state index is 13.8. The van der Waals surface area contributed by atoms with Crippen molar-refractivity contribution >= 4 is 12.1 Å². The predicted octanol–water partition coefficient (Wildman–Crippen LogP) is 4.44. The number of halogens is 4. The number of rotatable bonds is 3. The first-order chi connectivity index (χ1) is 16.8. The van der Waals surface area contributed by atoms with Crippen molar-refractivity contribution in [3.05, 3.63) is 82.5 Å². The zero-order chi connectivity index (χ0) is 24.7. The lowest BCUT2D eigenvalue weighted by atomic mass is 9.79. The van der Waals surface area contributed by atoms with Crippen molar-refractivity contribution < 1.29 is 32.2 Å². The van der Waals surface area contributed by atoms with Crippen LogP contribution in [-0.4, -0.2) is 59.0 Å². The lowest BCUT2D eigenvalue weighted by Crippen LogP contribution is -2.59. The zero-order valence-electron chi connectivity index (χ0n) is 18.6. The van der Waals surface area contributed by atoms with Gasteiger partial charge in [-0.3, -0.25) is 9.80 Å². The third kappa shape index (κ3) is 4.27. The second-order valence-corrected chi connectivity index (χ2v) is 8.80. The van der Waals surface area contributed by atoms with Crippen LogP contribution < -0.4 is 0 Å². The molecule has 0 aromatic heterocycles. The summed E-state index contributed by atoms with van der Waals surface area (Å²) in [4.78, 5) is 15.0. The summed E-state index contributed by atoms with van der Waals surface area (Å²) in [6.45, 7) is 0.349. The Morgan fingerprint density at radius 2 is 1.89 bits per heavy atom. The molecule has 0 aliphatic carbocycles. The molecule has 0 bridgehead atoms. The largest absolute Gasteiger partial charge is 0.507 e. The summed E-state index contributed by atoms with van der Waals surface area (Å²) in [6.07, 6.45) is -1.77. The molecule has 2 aromatic rings. The number of hydrazone groups is 1. The maximum Gasteiger partial charge on any atom is 0.416 e. The van der Waals surface area contributed by atoms with Crippen LogP contribution in [0.4, 0.5) is 17.6 Å². The average molecular weight is 489 g/mol. The Bertz CT molecular complexity index is 1180. The normalized spacial score (nSPS) is 26.6. The van der Waals surface area contributed by atoms with E-state index in [1.807, 2.05) is 0 Å². The molecule has 0 radical (unpaired) electrons. The van der Waals surface area contributed by atoms with E-state index in [0.717, 1.165) is 12.1 Å². The van der Waals surface area contributed by atoms with Gasteiger partial charge in [-0.1, -0.05) is 30.3 Å². The molecule has 3 aliphatic heterocycles. The number of nitrogens with zero attached hydrogens (tertiary/aromatic N) is 3. The number of amides is 1. The Balaban J connectivity index is 1.73. The summed E-state index contributed by atoms with van der Waals surface area (Å²) in [6, 6.07) is 9.60. The van der Waals surface area contributed by atoms with E-state index in [1.165, 1.54) is 41.6 Å². The van der Waals surface area contributed by atoms with Crippen molar-refractivity contribution in [3.8, 4) is 0 Å². The molecule has 0 spiro atoms. The number of alkyl halides is 3. The number of piperazine rings is 1. The Hall–Kier alpha value is -3.40. The number of benzene rings is 2. The van der Waals surface area contributed by atoms with Crippen LogP contribution >= 0.6 is 0 Å². The summed E-state index contributed by atoms with van der Waals surface area (Å²) in [5, 5.41) is 16.6. The molecule has 3 heterocycles. The van der Waals surface area contributed by atoms with Gasteiger partial charge in [0.2, 0.25) is 0 Å². The molecule has 2 saturated heterocycles. The number of carbonyl (C=O) groups is 1. The topological polar surface area (TPSA) is 65.4 Å². The van der Waals surface area contributed by atoms with Gasteiger partial charge in [-0.15, -0.1) is 0 Å². The Morgan fingerprint density at radius 3 is 2.63 bits per heavy atom. The third-order valence-corrected chi connectivity index (χ3v) is 6.72. The summed E-state index contributed by atoms with van der Waals surface area (Å²) in [5.74, 6) is -1.87. The van der Waals surface area contributed by atoms with Crippen molar-refractivity contribution in [3.63, 3.8) is 0 Å². The minimum Gasteiger partial charge on any atom is -0.507 e. The number of ether oxygens (including phenoxy) is 1. The van der Waals surface area contributed by atoms with E-state index in [0.29, 0.717) is 30.5 Å². The van der Waals surface area contributed by atoms with Crippen LogP contribution in [0.15, 0.2) is 65.1 Å². The molecule has 0 saturated carbocycles. The van der Waals surface area contributed by atoms with E-state index < -0.39 is 35.4 Å². The molecular weight excluding hydrogens is 466 g/mol. The van der Waals surface area contributed by atoms with Crippen LogP contribution in [0.1, 0.15) is 35.4 Å². The second kappa shape index (κ2) is 8.99. The van der Waals surface area contributed by atoms with E-state index in [-0.39, 0.29) is 30.7 Å². The third-order valence-electron chi connectivity index (χ3n) is 6.72. The minimum absolute atomic E-state index is 0.0526. The Labute approximate surface area is 199 Å². The monoisotopic (exact) mass is 489 g/mol. The van der Waals surface area contributed by atoms with Gasteiger partial charge in [0, 0.05) is 12.5 Å². The van der Waals surface area contributed by atoms with Crippen LogP contribution in [0.2, 0.25) is 0 Å². The van der Waals surface area contributed by atoms with Crippen LogP contribution in [0.3, 0.4) is 0 Å². The van der Waals surface area contributed by atoms with E-state index >= 15 is 0 Å². The van der Waals surface area contributed by atoms with Gasteiger partial charge in [0.1, 0.15) is 18.2 Å². The molecule has 1 N–H and O–H groups in total. The molecule has 1 amide bonds. The molecule has 35 heavy (non-hydrogen) atoms. The van der Waals surface area contributed by atoms with Crippen molar-refractivity contribution in [2.24, 2.45) is 5.10 Å². The fraction of sp³-hybridized carbons (Fsp3) is 0.360. The predicted molar refractivity (Wildman–Crippen MR) is 119 cm³/mol. The lowest BCUT2D eigenvalue weighted by molar-refractivity contribution is -0.137. The molecule has 0 unspecified atom stereocenters. The van der Waals surface area contributed by atoms with Gasteiger partial charge in [-0.2, -0.15) is 18.3 Å². The van der Waals surface area contributed by atoms with Crippen molar-refractivity contribution in [1.29, 1.82) is 0 Å². The van der Waals surface area contributed by atoms with Crippen LogP contribution in [-0.2, 0) is 15.7 Å². The second-order valence-electron chi connectivity index (χ2n) is 8.80. The summed E-state index contributed by atoms with van der Waals surface area (Å²) >= 11 is 0. The molecule has 6 nitrogen and oxygen atoms in total. The molecule has 2 fully saturated rings. The fourth-order valence-corrected chi connectivity index (χ4v) is 5.26. The van der Waals surface area contributed by atoms with Crippen molar-refractivity contribution in [1.82, 2.24) is 9.91 Å². The molecule has 10 heteroatoms. The van der Waals surface area contributed by atoms with Gasteiger partial charge in [-0.05, 0) is 42.2 Å². The van der Waals surface area contributed by atoms with Crippen LogP contribution in [0, 0.1) is 5.82 Å². The SMILES string of the molecule is O=C1/C2=C(\O)COC/C=N\N2[C@@H]([C@H](c2ccc(F)cc2)c2cccc(C(F)(F)F)c2)[C@H]2CCCN12. The highest BCUT2D eigenvalue weighted by Crippen LogP contribution is 2.44. The van der Waals surface area contributed by atoms with Crippen molar-refractivity contribution in [2.45, 2.75) is 37.0 Å². The summed E-state index contributed by atoms with van der Waals surface area (Å²) < 4.78 is 60.0. The summed E-state index contributed by atoms with van der Waals surface area (Å²) in [7, 11) is 0. The highest BCUT2D eigenvalue weighted by atomic mass is 19.4. The molecule has 2 aromatic carbocycles. The average Bonchev–Trinajstić information content (AvgIpc) is 3.30. The van der Waals surface area contributed by atoms with Gasteiger partial charge in [0.25, 0.3) is 5.91 Å². The van der Waals surface area contributed by atoms with E-state index in [4.69, 9.17) is 4.74 Å².